The van der Waals surface area contributed by atoms with Crippen LogP contribution in [0.25, 0.3) is 0 Å². The molecule has 0 bridgehead atoms. The van der Waals surface area contributed by atoms with Gasteiger partial charge in [-0.15, -0.1) is 0 Å². The zero-order valence-electron chi connectivity index (χ0n) is 14.6. The summed E-state index contributed by atoms with van der Waals surface area (Å²) in [5, 5.41) is 3.69. The van der Waals surface area contributed by atoms with Crippen molar-refractivity contribution in [1.82, 2.24) is 10.2 Å². The Morgan fingerprint density at radius 1 is 1.27 bits per heavy atom. The van der Waals surface area contributed by atoms with E-state index in [1.807, 2.05) is 25.7 Å². The molecule has 0 radical (unpaired) electrons. The quantitative estimate of drug-likeness (QED) is 0.870. The van der Waals surface area contributed by atoms with E-state index >= 15 is 0 Å². The van der Waals surface area contributed by atoms with Gasteiger partial charge in [-0.1, -0.05) is 0 Å². The van der Waals surface area contributed by atoms with E-state index in [0.29, 0.717) is 18.1 Å². The van der Waals surface area contributed by atoms with Crippen LogP contribution in [0.5, 0.6) is 0 Å². The lowest BCUT2D eigenvalue weighted by molar-refractivity contribution is 0.00982. The van der Waals surface area contributed by atoms with Crippen LogP contribution in [0.1, 0.15) is 53.4 Å². The smallest absolute Gasteiger partial charge is 0.410 e. The summed E-state index contributed by atoms with van der Waals surface area (Å²) in [6, 6.07) is 0.590. The van der Waals surface area contributed by atoms with Gasteiger partial charge in [0.2, 0.25) is 0 Å². The number of carbonyl (C=O) groups excluding carboxylic acids is 1. The van der Waals surface area contributed by atoms with E-state index in [2.05, 4.69) is 12.2 Å². The zero-order valence-corrected chi connectivity index (χ0v) is 14.6. The number of carbonyl (C=O) groups is 1. The SMILES string of the molecule is CC1CC(NCC2CCN(C(=O)OC(C)(C)C)CC2)CCO1. The molecule has 22 heavy (non-hydrogen) atoms. The average Bonchev–Trinajstić information content (AvgIpc) is 2.44. The van der Waals surface area contributed by atoms with Gasteiger partial charge in [0.1, 0.15) is 5.60 Å². The second-order valence-electron chi connectivity index (χ2n) is 7.72. The summed E-state index contributed by atoms with van der Waals surface area (Å²) >= 11 is 0. The summed E-state index contributed by atoms with van der Waals surface area (Å²) in [5.74, 6) is 0.664. The summed E-state index contributed by atoms with van der Waals surface area (Å²) in [4.78, 5) is 13.9. The second-order valence-corrected chi connectivity index (χ2v) is 7.72. The predicted molar refractivity (Wildman–Crippen MR) is 87.0 cm³/mol. The third kappa shape index (κ3) is 5.76. The molecule has 0 aromatic carbocycles. The fourth-order valence-corrected chi connectivity index (χ4v) is 3.16. The number of ether oxygens (including phenoxy) is 2. The molecule has 2 fully saturated rings. The van der Waals surface area contributed by atoms with Crippen LogP contribution in [0.3, 0.4) is 0 Å². The Balaban J connectivity index is 1.65. The molecule has 2 saturated heterocycles. The minimum absolute atomic E-state index is 0.169. The third-order valence-electron chi connectivity index (χ3n) is 4.45. The van der Waals surface area contributed by atoms with Crippen molar-refractivity contribution in [1.29, 1.82) is 0 Å². The number of rotatable bonds is 3. The van der Waals surface area contributed by atoms with Crippen molar-refractivity contribution in [3.8, 4) is 0 Å². The molecule has 128 valence electrons. The molecule has 2 rings (SSSR count). The maximum atomic E-state index is 12.0. The Labute approximate surface area is 134 Å². The molecule has 5 nitrogen and oxygen atoms in total. The molecule has 0 spiro atoms. The van der Waals surface area contributed by atoms with Gasteiger partial charge >= 0.3 is 6.09 Å². The summed E-state index contributed by atoms with van der Waals surface area (Å²) in [6.45, 7) is 11.4. The third-order valence-corrected chi connectivity index (χ3v) is 4.45. The number of likely N-dealkylation sites (tertiary alicyclic amines) is 1. The summed E-state index contributed by atoms with van der Waals surface area (Å²) < 4.78 is 11.0. The van der Waals surface area contributed by atoms with Crippen molar-refractivity contribution in [2.45, 2.75) is 71.1 Å². The largest absolute Gasteiger partial charge is 0.444 e. The van der Waals surface area contributed by atoms with Gasteiger partial charge < -0.3 is 19.7 Å². The van der Waals surface area contributed by atoms with Crippen LogP contribution >= 0.6 is 0 Å². The van der Waals surface area contributed by atoms with E-state index in [4.69, 9.17) is 9.47 Å². The molecule has 0 aromatic rings. The first-order valence-electron chi connectivity index (χ1n) is 8.66. The molecule has 2 aliphatic rings. The van der Waals surface area contributed by atoms with E-state index in [9.17, 15) is 4.79 Å². The molecule has 1 amide bonds. The minimum Gasteiger partial charge on any atom is -0.444 e. The highest BCUT2D eigenvalue weighted by Crippen LogP contribution is 2.20. The van der Waals surface area contributed by atoms with Gasteiger partial charge in [0.05, 0.1) is 6.10 Å². The van der Waals surface area contributed by atoms with Gasteiger partial charge in [0.25, 0.3) is 0 Å². The highest BCUT2D eigenvalue weighted by molar-refractivity contribution is 5.68. The lowest BCUT2D eigenvalue weighted by Gasteiger charge is -2.35. The molecular formula is C17H32N2O3. The first-order chi connectivity index (χ1) is 10.3. The summed E-state index contributed by atoms with van der Waals surface area (Å²) in [5.41, 5.74) is -0.408. The molecule has 2 aliphatic heterocycles. The van der Waals surface area contributed by atoms with E-state index in [1.54, 1.807) is 0 Å². The fourth-order valence-electron chi connectivity index (χ4n) is 3.16. The van der Waals surface area contributed by atoms with Crippen molar-refractivity contribution in [2.24, 2.45) is 5.92 Å². The Hall–Kier alpha value is -0.810. The zero-order chi connectivity index (χ0) is 16.2. The number of nitrogens with zero attached hydrogens (tertiary/aromatic N) is 1. The molecule has 0 aromatic heterocycles. The lowest BCUT2D eigenvalue weighted by Crippen LogP contribution is -2.45. The van der Waals surface area contributed by atoms with E-state index in [1.165, 1.54) is 0 Å². The average molecular weight is 312 g/mol. The fraction of sp³-hybridized carbons (Fsp3) is 0.941. The highest BCUT2D eigenvalue weighted by Gasteiger charge is 2.27. The van der Waals surface area contributed by atoms with Crippen molar-refractivity contribution in [3.63, 3.8) is 0 Å². The van der Waals surface area contributed by atoms with Crippen molar-refractivity contribution in [3.05, 3.63) is 0 Å². The topological polar surface area (TPSA) is 50.8 Å². The van der Waals surface area contributed by atoms with Gasteiger partial charge in [-0.2, -0.15) is 0 Å². The Morgan fingerprint density at radius 3 is 2.55 bits per heavy atom. The van der Waals surface area contributed by atoms with Gasteiger partial charge in [-0.3, -0.25) is 0 Å². The maximum Gasteiger partial charge on any atom is 0.410 e. The number of hydrogen-bond donors (Lipinski definition) is 1. The Bertz CT molecular complexity index is 359. The first kappa shape index (κ1) is 17.5. The number of piperidine rings is 1. The number of hydrogen-bond acceptors (Lipinski definition) is 4. The van der Waals surface area contributed by atoms with Gasteiger partial charge in [-0.25, -0.2) is 4.79 Å². The number of nitrogens with one attached hydrogen (secondary N) is 1. The van der Waals surface area contributed by atoms with E-state index < -0.39 is 5.60 Å². The van der Waals surface area contributed by atoms with Gasteiger partial charge in [0, 0.05) is 25.7 Å². The van der Waals surface area contributed by atoms with E-state index in [0.717, 1.165) is 51.9 Å². The number of amides is 1. The molecule has 0 aliphatic carbocycles. The minimum atomic E-state index is -0.408. The van der Waals surface area contributed by atoms with Crippen LogP contribution in [0, 0.1) is 5.92 Å². The van der Waals surface area contributed by atoms with Crippen molar-refractivity contribution in [2.75, 3.05) is 26.2 Å². The van der Waals surface area contributed by atoms with Crippen LogP contribution in [0.4, 0.5) is 4.79 Å². The second kappa shape index (κ2) is 7.64. The van der Waals surface area contributed by atoms with Crippen molar-refractivity contribution < 1.29 is 14.3 Å². The normalized spacial score (nSPS) is 27.7. The predicted octanol–water partition coefficient (Wildman–Crippen LogP) is 2.79. The lowest BCUT2D eigenvalue weighted by atomic mass is 9.95. The molecular weight excluding hydrogens is 280 g/mol. The molecule has 2 heterocycles. The van der Waals surface area contributed by atoms with Crippen LogP contribution in [-0.4, -0.2) is 55.0 Å². The van der Waals surface area contributed by atoms with Gasteiger partial charge in [-0.05, 0) is 65.8 Å². The van der Waals surface area contributed by atoms with E-state index in [-0.39, 0.29) is 6.09 Å². The molecule has 0 saturated carbocycles. The standard InChI is InChI=1S/C17H32N2O3/c1-13-11-15(7-10-21-13)18-12-14-5-8-19(9-6-14)16(20)22-17(2,3)4/h13-15,18H,5-12H2,1-4H3. The summed E-state index contributed by atoms with van der Waals surface area (Å²) in [6.07, 6.45) is 4.55. The van der Waals surface area contributed by atoms with Crippen LogP contribution in [0.2, 0.25) is 0 Å². The molecule has 2 atom stereocenters. The molecule has 5 heteroatoms. The van der Waals surface area contributed by atoms with Crippen LogP contribution in [-0.2, 0) is 9.47 Å². The molecule has 1 N–H and O–H groups in total. The monoisotopic (exact) mass is 312 g/mol. The maximum absolute atomic E-state index is 12.0. The Morgan fingerprint density at radius 2 is 1.95 bits per heavy atom. The molecule has 2 unspecified atom stereocenters. The van der Waals surface area contributed by atoms with Crippen molar-refractivity contribution >= 4 is 6.09 Å². The Kier molecular flexibility index (Phi) is 6.09. The van der Waals surface area contributed by atoms with Crippen LogP contribution < -0.4 is 5.32 Å². The first-order valence-corrected chi connectivity index (χ1v) is 8.66. The highest BCUT2D eigenvalue weighted by atomic mass is 16.6. The van der Waals surface area contributed by atoms with Gasteiger partial charge in [0.15, 0.2) is 0 Å². The van der Waals surface area contributed by atoms with Crippen LogP contribution in [0.15, 0.2) is 0 Å². The summed E-state index contributed by atoms with van der Waals surface area (Å²) in [7, 11) is 0.